The third kappa shape index (κ3) is 2.20. The van der Waals surface area contributed by atoms with Gasteiger partial charge in [0.15, 0.2) is 0 Å². The molecule has 1 atom stereocenters. The monoisotopic (exact) mass is 220 g/mol. The summed E-state index contributed by atoms with van der Waals surface area (Å²) in [6, 6.07) is 7.43. The van der Waals surface area contributed by atoms with E-state index in [9.17, 15) is 5.11 Å². The van der Waals surface area contributed by atoms with Gasteiger partial charge in [0.1, 0.15) is 5.75 Å². The quantitative estimate of drug-likeness (QED) is 0.805. The molecule has 1 heterocycles. The van der Waals surface area contributed by atoms with E-state index in [0.717, 1.165) is 19.5 Å². The summed E-state index contributed by atoms with van der Waals surface area (Å²) in [4.78, 5) is 2.44. The largest absolute Gasteiger partial charge is 0.508 e. The molecule has 1 aliphatic heterocycles. The molecule has 3 heteroatoms. The fraction of sp³-hybridized carbons (Fsp3) is 0.538. The van der Waals surface area contributed by atoms with Gasteiger partial charge in [-0.2, -0.15) is 0 Å². The number of phenolic OH excluding ortho intramolecular Hbond substituents is 1. The minimum absolute atomic E-state index is 0.0647. The van der Waals surface area contributed by atoms with Crippen molar-refractivity contribution in [2.45, 2.75) is 25.3 Å². The molecule has 1 unspecified atom stereocenters. The van der Waals surface area contributed by atoms with Gasteiger partial charge < -0.3 is 10.8 Å². The topological polar surface area (TPSA) is 49.5 Å². The number of nitrogens with two attached hydrogens (primary N) is 1. The van der Waals surface area contributed by atoms with Crippen molar-refractivity contribution in [1.82, 2.24) is 4.90 Å². The Morgan fingerprint density at radius 2 is 1.94 bits per heavy atom. The Labute approximate surface area is 96.9 Å². The van der Waals surface area contributed by atoms with Gasteiger partial charge in [-0.3, -0.25) is 4.90 Å². The number of benzene rings is 1. The van der Waals surface area contributed by atoms with Crippen LogP contribution < -0.4 is 5.73 Å². The number of likely N-dealkylation sites (tertiary alicyclic amines) is 1. The summed E-state index contributed by atoms with van der Waals surface area (Å²) >= 11 is 0. The summed E-state index contributed by atoms with van der Waals surface area (Å²) in [7, 11) is 0. The average molecular weight is 220 g/mol. The molecule has 1 aromatic carbocycles. The minimum atomic E-state index is 0.0647. The van der Waals surface area contributed by atoms with Gasteiger partial charge in [0.25, 0.3) is 0 Å². The third-order valence-corrected chi connectivity index (χ3v) is 3.58. The Morgan fingerprint density at radius 1 is 1.31 bits per heavy atom. The van der Waals surface area contributed by atoms with E-state index in [1.807, 2.05) is 12.1 Å². The van der Waals surface area contributed by atoms with Crippen molar-refractivity contribution in [3.05, 3.63) is 29.8 Å². The van der Waals surface area contributed by atoms with E-state index in [0.29, 0.717) is 12.3 Å². The molecule has 88 valence electrons. The SMILES string of the molecule is CC(CN)(Cc1ccc(O)cc1)N1CCC1. The smallest absolute Gasteiger partial charge is 0.115 e. The van der Waals surface area contributed by atoms with Crippen molar-refractivity contribution >= 4 is 0 Å². The van der Waals surface area contributed by atoms with E-state index < -0.39 is 0 Å². The lowest BCUT2D eigenvalue weighted by molar-refractivity contribution is 0.0481. The van der Waals surface area contributed by atoms with Crippen LogP contribution >= 0.6 is 0 Å². The van der Waals surface area contributed by atoms with E-state index in [4.69, 9.17) is 5.73 Å². The number of rotatable bonds is 4. The van der Waals surface area contributed by atoms with Crippen LogP contribution in [0.3, 0.4) is 0 Å². The second kappa shape index (κ2) is 4.44. The molecule has 0 radical (unpaired) electrons. The summed E-state index contributed by atoms with van der Waals surface area (Å²) in [5.41, 5.74) is 7.20. The first-order chi connectivity index (χ1) is 7.64. The van der Waals surface area contributed by atoms with Crippen LogP contribution in [0.15, 0.2) is 24.3 Å². The maximum absolute atomic E-state index is 9.24. The predicted octanol–water partition coefficient (Wildman–Crippen LogP) is 1.36. The van der Waals surface area contributed by atoms with Gasteiger partial charge in [-0.15, -0.1) is 0 Å². The second-order valence-electron chi connectivity index (χ2n) is 4.88. The maximum atomic E-state index is 9.24. The maximum Gasteiger partial charge on any atom is 0.115 e. The van der Waals surface area contributed by atoms with Crippen LogP contribution in [0.25, 0.3) is 0 Å². The van der Waals surface area contributed by atoms with Crippen molar-refractivity contribution in [2.24, 2.45) is 5.73 Å². The molecular weight excluding hydrogens is 200 g/mol. The second-order valence-corrected chi connectivity index (χ2v) is 4.88. The normalized spacial score (nSPS) is 20.1. The fourth-order valence-electron chi connectivity index (χ4n) is 2.22. The van der Waals surface area contributed by atoms with E-state index in [1.54, 1.807) is 12.1 Å². The Morgan fingerprint density at radius 3 is 2.38 bits per heavy atom. The summed E-state index contributed by atoms with van der Waals surface area (Å²) in [6.45, 7) is 5.21. The van der Waals surface area contributed by atoms with Crippen LogP contribution in [0.4, 0.5) is 0 Å². The van der Waals surface area contributed by atoms with Crippen molar-refractivity contribution in [2.75, 3.05) is 19.6 Å². The molecule has 3 nitrogen and oxygen atoms in total. The van der Waals surface area contributed by atoms with Crippen molar-refractivity contribution < 1.29 is 5.11 Å². The predicted molar refractivity (Wildman–Crippen MR) is 65.5 cm³/mol. The van der Waals surface area contributed by atoms with Gasteiger partial charge in [0.05, 0.1) is 0 Å². The van der Waals surface area contributed by atoms with Crippen LogP contribution in [0.1, 0.15) is 18.9 Å². The summed E-state index contributed by atoms with van der Waals surface area (Å²) < 4.78 is 0. The van der Waals surface area contributed by atoms with Crippen LogP contribution in [0.5, 0.6) is 5.75 Å². The van der Waals surface area contributed by atoms with Crippen molar-refractivity contribution in [3.63, 3.8) is 0 Å². The molecule has 0 aromatic heterocycles. The molecule has 1 aromatic rings. The lowest BCUT2D eigenvalue weighted by atomic mass is 9.88. The van der Waals surface area contributed by atoms with Crippen LogP contribution in [-0.2, 0) is 6.42 Å². The zero-order valence-electron chi connectivity index (χ0n) is 9.82. The van der Waals surface area contributed by atoms with E-state index in [1.165, 1.54) is 12.0 Å². The summed E-state index contributed by atoms with van der Waals surface area (Å²) in [5, 5.41) is 9.24. The molecule has 1 fully saturated rings. The van der Waals surface area contributed by atoms with Crippen molar-refractivity contribution in [3.8, 4) is 5.75 Å². The number of hydrogen-bond acceptors (Lipinski definition) is 3. The van der Waals surface area contributed by atoms with Gasteiger partial charge in [-0.25, -0.2) is 0 Å². The third-order valence-electron chi connectivity index (χ3n) is 3.58. The Kier molecular flexibility index (Phi) is 3.17. The highest BCUT2D eigenvalue weighted by Crippen LogP contribution is 2.25. The van der Waals surface area contributed by atoms with Gasteiger partial charge in [0, 0.05) is 12.1 Å². The molecule has 0 bridgehead atoms. The lowest BCUT2D eigenvalue weighted by Gasteiger charge is -2.46. The number of phenols is 1. The number of aromatic hydroxyl groups is 1. The van der Waals surface area contributed by atoms with Gasteiger partial charge >= 0.3 is 0 Å². The molecule has 0 amide bonds. The molecule has 0 saturated carbocycles. The zero-order chi connectivity index (χ0) is 11.6. The van der Waals surface area contributed by atoms with E-state index in [-0.39, 0.29) is 5.54 Å². The highest BCUT2D eigenvalue weighted by Gasteiger charge is 2.34. The molecule has 2 rings (SSSR count). The van der Waals surface area contributed by atoms with Gasteiger partial charge in [-0.05, 0) is 50.6 Å². The van der Waals surface area contributed by atoms with Crippen LogP contribution in [0, 0.1) is 0 Å². The first kappa shape index (κ1) is 11.4. The first-order valence-corrected chi connectivity index (χ1v) is 5.87. The minimum Gasteiger partial charge on any atom is -0.508 e. The van der Waals surface area contributed by atoms with Crippen LogP contribution in [-0.4, -0.2) is 35.2 Å². The summed E-state index contributed by atoms with van der Waals surface area (Å²) in [5.74, 6) is 0.321. The highest BCUT2D eigenvalue weighted by atomic mass is 16.3. The molecule has 0 spiro atoms. The highest BCUT2D eigenvalue weighted by molar-refractivity contribution is 5.27. The Bertz CT molecular complexity index is 345. The van der Waals surface area contributed by atoms with Crippen molar-refractivity contribution in [1.29, 1.82) is 0 Å². The number of nitrogens with zero attached hydrogens (tertiary/aromatic N) is 1. The molecule has 3 N–H and O–H groups in total. The van der Waals surface area contributed by atoms with E-state index in [2.05, 4.69) is 11.8 Å². The molecule has 1 saturated heterocycles. The average Bonchev–Trinajstić information content (AvgIpc) is 2.19. The van der Waals surface area contributed by atoms with Gasteiger partial charge in [-0.1, -0.05) is 12.1 Å². The summed E-state index contributed by atoms with van der Waals surface area (Å²) in [6.07, 6.45) is 2.23. The Hall–Kier alpha value is -1.06. The molecule has 0 aliphatic carbocycles. The molecule has 16 heavy (non-hydrogen) atoms. The first-order valence-electron chi connectivity index (χ1n) is 5.87. The fourth-order valence-corrected chi connectivity index (χ4v) is 2.22. The Balaban J connectivity index is 2.08. The lowest BCUT2D eigenvalue weighted by Crippen LogP contribution is -2.58. The van der Waals surface area contributed by atoms with Crippen LogP contribution in [0.2, 0.25) is 0 Å². The zero-order valence-corrected chi connectivity index (χ0v) is 9.82. The van der Waals surface area contributed by atoms with Gasteiger partial charge in [0.2, 0.25) is 0 Å². The molecular formula is C13H20N2O. The van der Waals surface area contributed by atoms with E-state index >= 15 is 0 Å². The number of hydrogen-bond donors (Lipinski definition) is 2. The standard InChI is InChI=1S/C13H20N2O/c1-13(10-14,15-7-2-8-15)9-11-3-5-12(16)6-4-11/h3-6,16H,2,7-10,14H2,1H3. The molecule has 1 aliphatic rings.